The third-order valence-electron chi connectivity index (χ3n) is 3.26. The highest BCUT2D eigenvalue weighted by atomic mass is 16.6. The molecule has 0 aliphatic carbocycles. The molecule has 2 rings (SSSR count). The van der Waals surface area contributed by atoms with E-state index in [2.05, 4.69) is 4.98 Å². The van der Waals surface area contributed by atoms with E-state index in [4.69, 9.17) is 10.00 Å². The van der Waals surface area contributed by atoms with Crippen LogP contribution in [0.3, 0.4) is 0 Å². The van der Waals surface area contributed by atoms with E-state index in [9.17, 15) is 10.1 Å². The first kappa shape index (κ1) is 17.2. The maximum atomic E-state index is 11.3. The van der Waals surface area contributed by atoms with Crippen LogP contribution in [0.1, 0.15) is 25.0 Å². The van der Waals surface area contributed by atoms with Crippen LogP contribution in [-0.2, 0) is 6.54 Å². The van der Waals surface area contributed by atoms with Gasteiger partial charge in [-0.3, -0.25) is 10.1 Å². The van der Waals surface area contributed by atoms with Crippen LogP contribution in [-0.4, -0.2) is 23.1 Å². The first-order valence-electron chi connectivity index (χ1n) is 7.42. The predicted octanol–water partition coefficient (Wildman–Crippen LogP) is 3.29. The second-order valence-corrected chi connectivity index (χ2v) is 5.57. The molecule has 0 aliphatic heterocycles. The van der Waals surface area contributed by atoms with Crippen molar-refractivity contribution in [3.05, 3.63) is 57.8 Å². The van der Waals surface area contributed by atoms with Crippen molar-refractivity contribution in [1.82, 2.24) is 4.98 Å². The number of nitro groups is 1. The summed E-state index contributed by atoms with van der Waals surface area (Å²) in [5.41, 5.74) is 0.639. The van der Waals surface area contributed by atoms with Gasteiger partial charge in [-0.2, -0.15) is 5.26 Å². The molecule has 0 radical (unpaired) electrons. The van der Waals surface area contributed by atoms with Gasteiger partial charge in [0.15, 0.2) is 0 Å². The minimum atomic E-state index is -0.574. The van der Waals surface area contributed by atoms with Crippen LogP contribution in [0.15, 0.2) is 36.5 Å². The molecule has 124 valence electrons. The zero-order valence-corrected chi connectivity index (χ0v) is 13.8. The van der Waals surface area contributed by atoms with Crippen LogP contribution in [0.4, 0.5) is 11.5 Å². The highest BCUT2D eigenvalue weighted by molar-refractivity contribution is 5.65. The van der Waals surface area contributed by atoms with E-state index in [-0.39, 0.29) is 23.2 Å². The molecule has 0 fully saturated rings. The quantitative estimate of drug-likeness (QED) is 0.597. The van der Waals surface area contributed by atoms with E-state index in [1.807, 2.05) is 44.2 Å². The van der Waals surface area contributed by atoms with Crippen molar-refractivity contribution in [1.29, 1.82) is 5.26 Å². The fraction of sp³-hybridized carbons (Fsp3) is 0.294. The number of nitrogens with zero attached hydrogens (tertiary/aromatic N) is 4. The topological polar surface area (TPSA) is 92.3 Å². The van der Waals surface area contributed by atoms with Crippen molar-refractivity contribution < 1.29 is 9.66 Å². The molecule has 0 atom stereocenters. The number of hydrogen-bond donors (Lipinski definition) is 0. The van der Waals surface area contributed by atoms with E-state index in [1.54, 1.807) is 11.9 Å². The number of rotatable bonds is 6. The maximum absolute atomic E-state index is 11.3. The largest absolute Gasteiger partial charge is 0.491 e. The lowest BCUT2D eigenvalue weighted by molar-refractivity contribution is -0.384. The Morgan fingerprint density at radius 3 is 2.79 bits per heavy atom. The number of nitriles is 1. The Bertz CT molecular complexity index is 784. The SMILES string of the molecule is CC(C)Oc1cccc(CN(C)c2nccc(C#N)c2[N+](=O)[O-])c1. The second-order valence-electron chi connectivity index (χ2n) is 5.57. The second kappa shape index (κ2) is 7.42. The molecule has 2 aromatic rings. The van der Waals surface area contributed by atoms with Crippen LogP contribution in [0, 0.1) is 21.4 Å². The smallest absolute Gasteiger partial charge is 0.329 e. The van der Waals surface area contributed by atoms with Gasteiger partial charge in [0, 0.05) is 19.8 Å². The monoisotopic (exact) mass is 326 g/mol. The number of hydrogen-bond acceptors (Lipinski definition) is 6. The Labute approximate surface area is 140 Å². The number of aromatic nitrogens is 1. The maximum Gasteiger partial charge on any atom is 0.329 e. The molecule has 1 heterocycles. The lowest BCUT2D eigenvalue weighted by Crippen LogP contribution is -2.19. The minimum absolute atomic E-state index is 0.00579. The molecule has 0 amide bonds. The van der Waals surface area contributed by atoms with Gasteiger partial charge in [0.2, 0.25) is 5.82 Å². The normalized spacial score (nSPS) is 10.3. The summed E-state index contributed by atoms with van der Waals surface area (Å²) in [6, 6.07) is 10.7. The summed E-state index contributed by atoms with van der Waals surface area (Å²) in [4.78, 5) is 16.5. The Balaban J connectivity index is 2.29. The molecule has 0 bridgehead atoms. The molecule has 7 nitrogen and oxygen atoms in total. The van der Waals surface area contributed by atoms with Crippen molar-refractivity contribution >= 4 is 11.5 Å². The summed E-state index contributed by atoms with van der Waals surface area (Å²) in [7, 11) is 1.70. The Kier molecular flexibility index (Phi) is 5.32. The average molecular weight is 326 g/mol. The summed E-state index contributed by atoms with van der Waals surface area (Å²) in [6.07, 6.45) is 1.46. The van der Waals surface area contributed by atoms with E-state index in [0.717, 1.165) is 11.3 Å². The van der Waals surface area contributed by atoms with E-state index < -0.39 is 4.92 Å². The van der Waals surface area contributed by atoms with Crippen LogP contribution in [0.2, 0.25) is 0 Å². The molecule has 0 unspecified atom stereocenters. The molecule has 0 aliphatic rings. The first-order chi connectivity index (χ1) is 11.4. The van der Waals surface area contributed by atoms with E-state index in [0.29, 0.717) is 6.54 Å². The number of anilines is 1. The molecular formula is C17H18N4O3. The molecule has 1 aromatic heterocycles. The number of pyridine rings is 1. The van der Waals surface area contributed by atoms with Gasteiger partial charge in [0.1, 0.15) is 17.4 Å². The summed E-state index contributed by atoms with van der Waals surface area (Å²) >= 11 is 0. The van der Waals surface area contributed by atoms with Crippen molar-refractivity contribution in [3.8, 4) is 11.8 Å². The minimum Gasteiger partial charge on any atom is -0.491 e. The van der Waals surface area contributed by atoms with Crippen molar-refractivity contribution in [2.45, 2.75) is 26.5 Å². The van der Waals surface area contributed by atoms with Crippen LogP contribution in [0.5, 0.6) is 5.75 Å². The zero-order chi connectivity index (χ0) is 17.7. The van der Waals surface area contributed by atoms with Gasteiger partial charge in [0.25, 0.3) is 0 Å². The van der Waals surface area contributed by atoms with Crippen LogP contribution in [0.25, 0.3) is 0 Å². The molecule has 24 heavy (non-hydrogen) atoms. The molecule has 0 N–H and O–H groups in total. The highest BCUT2D eigenvalue weighted by Gasteiger charge is 2.24. The molecule has 1 aromatic carbocycles. The molecule has 0 spiro atoms. The van der Waals surface area contributed by atoms with Gasteiger partial charge in [-0.25, -0.2) is 4.98 Å². The predicted molar refractivity (Wildman–Crippen MR) is 89.9 cm³/mol. The summed E-state index contributed by atoms with van der Waals surface area (Å²) in [5.74, 6) is 0.901. The summed E-state index contributed by atoms with van der Waals surface area (Å²) in [5, 5.41) is 20.4. The average Bonchev–Trinajstić information content (AvgIpc) is 2.53. The van der Waals surface area contributed by atoms with Gasteiger partial charge in [-0.15, -0.1) is 0 Å². The van der Waals surface area contributed by atoms with Gasteiger partial charge in [0.05, 0.1) is 11.0 Å². The highest BCUT2D eigenvalue weighted by Crippen LogP contribution is 2.29. The van der Waals surface area contributed by atoms with Crippen molar-refractivity contribution in [3.63, 3.8) is 0 Å². The van der Waals surface area contributed by atoms with E-state index >= 15 is 0 Å². The number of benzene rings is 1. The zero-order valence-electron chi connectivity index (χ0n) is 13.8. The lowest BCUT2D eigenvalue weighted by Gasteiger charge is -2.19. The number of ether oxygens (including phenoxy) is 1. The van der Waals surface area contributed by atoms with Crippen LogP contribution < -0.4 is 9.64 Å². The fourth-order valence-electron chi connectivity index (χ4n) is 2.33. The van der Waals surface area contributed by atoms with Gasteiger partial charge < -0.3 is 9.64 Å². The van der Waals surface area contributed by atoms with Gasteiger partial charge >= 0.3 is 5.69 Å². The van der Waals surface area contributed by atoms with Crippen molar-refractivity contribution in [2.75, 3.05) is 11.9 Å². The standard InChI is InChI=1S/C17H18N4O3/c1-12(2)24-15-6-4-5-13(9-15)11-20(3)17-16(21(22)23)14(10-18)7-8-19-17/h4-9,12H,11H2,1-3H3. The fourth-order valence-corrected chi connectivity index (χ4v) is 2.33. The molecular weight excluding hydrogens is 308 g/mol. The van der Waals surface area contributed by atoms with Gasteiger partial charge in [-0.05, 0) is 37.6 Å². The third-order valence-corrected chi connectivity index (χ3v) is 3.26. The Hall–Kier alpha value is -3.14. The lowest BCUT2D eigenvalue weighted by atomic mass is 10.2. The Morgan fingerprint density at radius 1 is 1.42 bits per heavy atom. The molecule has 0 saturated heterocycles. The molecule has 7 heteroatoms. The van der Waals surface area contributed by atoms with E-state index in [1.165, 1.54) is 12.3 Å². The summed E-state index contributed by atoms with van der Waals surface area (Å²) < 4.78 is 5.66. The van der Waals surface area contributed by atoms with Crippen LogP contribution >= 0.6 is 0 Å². The molecule has 0 saturated carbocycles. The summed E-state index contributed by atoms with van der Waals surface area (Å²) in [6.45, 7) is 4.29. The third kappa shape index (κ3) is 3.98. The first-order valence-corrected chi connectivity index (χ1v) is 7.42. The Morgan fingerprint density at radius 2 is 2.17 bits per heavy atom. The van der Waals surface area contributed by atoms with Crippen molar-refractivity contribution in [2.24, 2.45) is 0 Å². The van der Waals surface area contributed by atoms with Gasteiger partial charge in [-0.1, -0.05) is 12.1 Å².